The molecule has 186 valence electrons. The first-order valence-corrected chi connectivity index (χ1v) is 12.2. The van der Waals surface area contributed by atoms with Crippen molar-refractivity contribution in [1.29, 1.82) is 0 Å². The maximum atomic E-state index is 13.2. The Morgan fingerprint density at radius 1 is 1.09 bits per heavy atom. The van der Waals surface area contributed by atoms with Crippen LogP contribution in [0.5, 0.6) is 5.75 Å². The molecule has 1 aliphatic rings. The standard InChI is InChI=1S/C23H28F3N3O4S/c1-22(2,3)17-6-4-16(5-7-17)14-28-21(30)20-15-27-12-13-29(20)34(31,32)19-10-8-18(9-11-19)33-23(24,25)26/h4-11,20,27H,12-15H2,1-3H3,(H,28,30). The second-order valence-corrected chi connectivity index (χ2v) is 10.9. The number of carbonyl (C=O) groups excluding carboxylic acids is 1. The van der Waals surface area contributed by atoms with Crippen LogP contribution in [0, 0.1) is 0 Å². The number of sulfonamides is 1. The van der Waals surface area contributed by atoms with E-state index in [1.165, 1.54) is 0 Å². The first-order chi connectivity index (χ1) is 15.8. The quantitative estimate of drug-likeness (QED) is 0.638. The second kappa shape index (κ2) is 9.93. The Balaban J connectivity index is 1.71. The summed E-state index contributed by atoms with van der Waals surface area (Å²) in [5, 5.41) is 5.80. The van der Waals surface area contributed by atoms with Crippen LogP contribution in [0.25, 0.3) is 0 Å². The summed E-state index contributed by atoms with van der Waals surface area (Å²) in [5.74, 6) is -0.994. The molecule has 7 nitrogen and oxygen atoms in total. The zero-order valence-electron chi connectivity index (χ0n) is 19.1. The molecule has 11 heteroatoms. The van der Waals surface area contributed by atoms with E-state index in [1.807, 2.05) is 24.3 Å². The lowest BCUT2D eigenvalue weighted by Gasteiger charge is -2.34. The number of amides is 1. The van der Waals surface area contributed by atoms with Crippen molar-refractivity contribution < 1.29 is 31.1 Å². The number of alkyl halides is 3. The van der Waals surface area contributed by atoms with E-state index in [0.717, 1.165) is 39.7 Å². The molecule has 0 bridgehead atoms. The van der Waals surface area contributed by atoms with Crippen molar-refractivity contribution in [2.45, 2.75) is 50.0 Å². The number of ether oxygens (including phenoxy) is 1. The Kier molecular flexibility index (Phi) is 7.59. The van der Waals surface area contributed by atoms with Gasteiger partial charge in [0.05, 0.1) is 4.90 Å². The van der Waals surface area contributed by atoms with Gasteiger partial charge < -0.3 is 15.4 Å². The van der Waals surface area contributed by atoms with Crippen LogP contribution in [-0.4, -0.2) is 50.7 Å². The Morgan fingerprint density at radius 3 is 2.26 bits per heavy atom. The Labute approximate surface area is 197 Å². The summed E-state index contributed by atoms with van der Waals surface area (Å²) < 4.78 is 68.3. The zero-order valence-corrected chi connectivity index (χ0v) is 20.0. The van der Waals surface area contributed by atoms with Crippen LogP contribution in [0.2, 0.25) is 0 Å². The lowest BCUT2D eigenvalue weighted by molar-refractivity contribution is -0.274. The number of hydrogen-bond acceptors (Lipinski definition) is 5. The molecule has 1 aliphatic heterocycles. The molecule has 1 heterocycles. The van der Waals surface area contributed by atoms with Crippen molar-refractivity contribution in [3.05, 3.63) is 59.7 Å². The lowest BCUT2D eigenvalue weighted by Crippen LogP contribution is -2.59. The average molecular weight is 500 g/mol. The van der Waals surface area contributed by atoms with Gasteiger partial charge in [-0.15, -0.1) is 13.2 Å². The van der Waals surface area contributed by atoms with E-state index in [1.54, 1.807) is 0 Å². The van der Waals surface area contributed by atoms with Crippen molar-refractivity contribution in [3.8, 4) is 5.75 Å². The van der Waals surface area contributed by atoms with Crippen LogP contribution < -0.4 is 15.4 Å². The molecule has 1 amide bonds. The normalized spacial score (nSPS) is 17.9. The number of benzene rings is 2. The van der Waals surface area contributed by atoms with Gasteiger partial charge in [0.2, 0.25) is 15.9 Å². The van der Waals surface area contributed by atoms with E-state index in [4.69, 9.17) is 0 Å². The van der Waals surface area contributed by atoms with Crippen LogP contribution in [-0.2, 0) is 26.8 Å². The predicted molar refractivity (Wildman–Crippen MR) is 121 cm³/mol. The lowest BCUT2D eigenvalue weighted by atomic mass is 9.87. The molecule has 1 unspecified atom stereocenters. The van der Waals surface area contributed by atoms with Crippen LogP contribution in [0.15, 0.2) is 53.4 Å². The summed E-state index contributed by atoms with van der Waals surface area (Å²) in [4.78, 5) is 12.7. The maximum Gasteiger partial charge on any atom is 0.573 e. The van der Waals surface area contributed by atoms with Crippen LogP contribution in [0.1, 0.15) is 31.9 Å². The van der Waals surface area contributed by atoms with Gasteiger partial charge in [0, 0.05) is 26.2 Å². The molecule has 2 N–H and O–H groups in total. The fraction of sp³-hybridized carbons (Fsp3) is 0.435. The number of halogens is 3. The number of carbonyl (C=O) groups is 1. The van der Waals surface area contributed by atoms with E-state index >= 15 is 0 Å². The van der Waals surface area contributed by atoms with E-state index in [-0.39, 0.29) is 29.9 Å². The smallest absolute Gasteiger partial charge is 0.406 e. The first kappa shape index (κ1) is 26.0. The molecule has 1 fully saturated rings. The number of piperazine rings is 1. The molecule has 0 aromatic heterocycles. The van der Waals surface area contributed by atoms with Gasteiger partial charge in [0.25, 0.3) is 0 Å². The molecule has 3 rings (SSSR count). The topological polar surface area (TPSA) is 87.7 Å². The largest absolute Gasteiger partial charge is 0.573 e. The first-order valence-electron chi connectivity index (χ1n) is 10.7. The fourth-order valence-electron chi connectivity index (χ4n) is 3.58. The molecule has 0 spiro atoms. The molecule has 2 aromatic carbocycles. The molecule has 1 atom stereocenters. The monoisotopic (exact) mass is 499 g/mol. The summed E-state index contributed by atoms with van der Waals surface area (Å²) in [6, 6.07) is 10.7. The third-order valence-electron chi connectivity index (χ3n) is 5.45. The highest BCUT2D eigenvalue weighted by molar-refractivity contribution is 7.89. The van der Waals surface area contributed by atoms with E-state index in [9.17, 15) is 26.4 Å². The van der Waals surface area contributed by atoms with Crippen molar-refractivity contribution in [2.75, 3.05) is 19.6 Å². The van der Waals surface area contributed by atoms with Gasteiger partial charge >= 0.3 is 6.36 Å². The van der Waals surface area contributed by atoms with E-state index in [0.29, 0.717) is 6.54 Å². The number of nitrogens with zero attached hydrogens (tertiary/aromatic N) is 1. The molecular formula is C23H28F3N3O4S. The second-order valence-electron chi connectivity index (χ2n) is 9.02. The van der Waals surface area contributed by atoms with Gasteiger partial charge in [-0.1, -0.05) is 45.0 Å². The van der Waals surface area contributed by atoms with E-state index in [2.05, 4.69) is 36.1 Å². The van der Waals surface area contributed by atoms with Crippen molar-refractivity contribution in [3.63, 3.8) is 0 Å². The van der Waals surface area contributed by atoms with Crippen LogP contribution in [0.4, 0.5) is 13.2 Å². The van der Waals surface area contributed by atoms with Gasteiger partial charge in [-0.3, -0.25) is 4.79 Å². The third kappa shape index (κ3) is 6.49. The summed E-state index contributed by atoms with van der Waals surface area (Å²) >= 11 is 0. The average Bonchev–Trinajstić information content (AvgIpc) is 2.76. The molecule has 34 heavy (non-hydrogen) atoms. The highest BCUT2D eigenvalue weighted by Gasteiger charge is 2.38. The van der Waals surface area contributed by atoms with Crippen LogP contribution in [0.3, 0.4) is 0 Å². The van der Waals surface area contributed by atoms with Gasteiger partial charge in [-0.2, -0.15) is 4.31 Å². The highest BCUT2D eigenvalue weighted by atomic mass is 32.2. The maximum absolute atomic E-state index is 13.2. The Morgan fingerprint density at radius 2 is 1.71 bits per heavy atom. The fourth-order valence-corrected chi connectivity index (χ4v) is 5.16. The Bertz CT molecular complexity index is 1100. The van der Waals surface area contributed by atoms with Gasteiger partial charge in [-0.05, 0) is 40.8 Å². The minimum Gasteiger partial charge on any atom is -0.406 e. The minimum absolute atomic E-state index is 0.00147. The third-order valence-corrected chi connectivity index (χ3v) is 7.37. The van der Waals surface area contributed by atoms with Crippen LogP contribution >= 0.6 is 0 Å². The summed E-state index contributed by atoms with van der Waals surface area (Å²) in [6.07, 6.45) is -4.88. The van der Waals surface area contributed by atoms with Crippen molar-refractivity contribution in [2.24, 2.45) is 0 Å². The highest BCUT2D eigenvalue weighted by Crippen LogP contribution is 2.26. The molecule has 0 aliphatic carbocycles. The van der Waals surface area contributed by atoms with Gasteiger partial charge in [-0.25, -0.2) is 8.42 Å². The molecule has 1 saturated heterocycles. The molecule has 0 radical (unpaired) electrons. The van der Waals surface area contributed by atoms with Gasteiger partial charge in [0.15, 0.2) is 0 Å². The van der Waals surface area contributed by atoms with Crippen molar-refractivity contribution >= 4 is 15.9 Å². The van der Waals surface area contributed by atoms with Crippen molar-refractivity contribution in [1.82, 2.24) is 14.9 Å². The van der Waals surface area contributed by atoms with E-state index < -0.39 is 34.1 Å². The van der Waals surface area contributed by atoms with Gasteiger partial charge in [0.1, 0.15) is 11.8 Å². The summed E-state index contributed by atoms with van der Waals surface area (Å²) in [5.41, 5.74) is 2.03. The molecule has 0 saturated carbocycles. The zero-order chi connectivity index (χ0) is 25.1. The number of rotatable bonds is 6. The number of hydrogen-bond donors (Lipinski definition) is 2. The Hall–Kier alpha value is -2.63. The summed E-state index contributed by atoms with van der Waals surface area (Å²) in [6.45, 7) is 7.04. The summed E-state index contributed by atoms with van der Waals surface area (Å²) in [7, 11) is -4.13. The SMILES string of the molecule is CC(C)(C)c1ccc(CNC(=O)C2CNCCN2S(=O)(=O)c2ccc(OC(F)(F)F)cc2)cc1. The number of nitrogens with one attached hydrogen (secondary N) is 2. The minimum atomic E-state index is -4.88. The molecular weight excluding hydrogens is 471 g/mol. The predicted octanol–water partition coefficient (Wildman–Crippen LogP) is 3.16. The molecule has 2 aromatic rings.